The van der Waals surface area contributed by atoms with Crippen molar-refractivity contribution in [1.82, 2.24) is 0 Å². The van der Waals surface area contributed by atoms with E-state index >= 15 is 0 Å². The Bertz CT molecular complexity index is 490. The molecule has 0 heterocycles. The molecule has 0 atom stereocenters. The van der Waals surface area contributed by atoms with Gasteiger partial charge in [-0.2, -0.15) is 0 Å². The van der Waals surface area contributed by atoms with Crippen LogP contribution < -0.4 is 0 Å². The highest BCUT2D eigenvalue weighted by atomic mass is 14.7. The van der Waals surface area contributed by atoms with Gasteiger partial charge in [-0.1, -0.05) is 31.6 Å². The lowest BCUT2D eigenvalue weighted by Crippen LogP contribution is -1.82. The van der Waals surface area contributed by atoms with Crippen LogP contribution in [-0.2, 0) is 6.42 Å². The molecule has 0 saturated heterocycles. The number of nitrogens with zero attached hydrogens (tertiary/aromatic N) is 1. The van der Waals surface area contributed by atoms with Crippen LogP contribution in [0.5, 0.6) is 0 Å². The Labute approximate surface area is 111 Å². The molecule has 0 unspecified atom stereocenters. The number of aliphatic imine (C=N–C) groups is 1. The van der Waals surface area contributed by atoms with Crippen LogP contribution >= 0.6 is 0 Å². The first kappa shape index (κ1) is 14.4. The van der Waals surface area contributed by atoms with Crippen molar-refractivity contribution in [2.75, 3.05) is 0 Å². The average Bonchev–Trinajstić information content (AvgIpc) is 2.68. The fourth-order valence-electron chi connectivity index (χ4n) is 2.01. The van der Waals surface area contributed by atoms with Gasteiger partial charge in [0.2, 0.25) is 0 Å². The SMILES string of the molecule is CC.CC=CC=Nc1ccc2c(c1)C(C)=C(C)C2. The number of benzene rings is 1. The van der Waals surface area contributed by atoms with Crippen molar-refractivity contribution < 1.29 is 0 Å². The molecule has 1 aromatic carbocycles. The maximum absolute atomic E-state index is 4.40. The summed E-state index contributed by atoms with van der Waals surface area (Å²) in [4.78, 5) is 4.40. The Morgan fingerprint density at radius 1 is 1.17 bits per heavy atom. The predicted octanol–water partition coefficient (Wildman–Crippen LogP) is 5.34. The Morgan fingerprint density at radius 3 is 2.56 bits per heavy atom. The highest BCUT2D eigenvalue weighted by Gasteiger charge is 2.15. The maximum atomic E-state index is 4.40. The van der Waals surface area contributed by atoms with Crippen LogP contribution in [0.4, 0.5) is 5.69 Å². The molecule has 18 heavy (non-hydrogen) atoms. The molecule has 0 amide bonds. The van der Waals surface area contributed by atoms with E-state index < -0.39 is 0 Å². The molecule has 1 nitrogen and oxygen atoms in total. The van der Waals surface area contributed by atoms with Crippen molar-refractivity contribution in [3.63, 3.8) is 0 Å². The minimum Gasteiger partial charge on any atom is -0.257 e. The molecule has 0 saturated carbocycles. The zero-order valence-electron chi connectivity index (χ0n) is 12.1. The van der Waals surface area contributed by atoms with E-state index in [1.807, 2.05) is 39.1 Å². The first-order valence-electron chi connectivity index (χ1n) is 6.67. The molecule has 96 valence electrons. The second-order valence-corrected chi connectivity index (χ2v) is 4.23. The lowest BCUT2D eigenvalue weighted by atomic mass is 10.1. The Morgan fingerprint density at radius 2 is 1.89 bits per heavy atom. The summed E-state index contributed by atoms with van der Waals surface area (Å²) in [6.45, 7) is 10.4. The largest absolute Gasteiger partial charge is 0.257 e. The Kier molecular flexibility index (Phi) is 5.57. The van der Waals surface area contributed by atoms with Crippen molar-refractivity contribution >= 4 is 17.5 Å². The molecular formula is C17H23N. The minimum atomic E-state index is 1.03. The lowest BCUT2D eigenvalue weighted by Gasteiger charge is -2.02. The van der Waals surface area contributed by atoms with Gasteiger partial charge in [-0.3, -0.25) is 4.99 Å². The third-order valence-electron chi connectivity index (χ3n) is 3.10. The highest BCUT2D eigenvalue weighted by molar-refractivity contribution is 5.79. The average molecular weight is 241 g/mol. The number of hydrogen-bond acceptors (Lipinski definition) is 1. The van der Waals surface area contributed by atoms with Crippen LogP contribution in [0.25, 0.3) is 5.57 Å². The molecule has 0 fully saturated rings. The van der Waals surface area contributed by atoms with Crippen LogP contribution in [-0.4, -0.2) is 6.21 Å². The monoisotopic (exact) mass is 241 g/mol. The highest BCUT2D eigenvalue weighted by Crippen LogP contribution is 2.34. The summed E-state index contributed by atoms with van der Waals surface area (Å²) in [6, 6.07) is 6.46. The number of rotatable bonds is 2. The van der Waals surface area contributed by atoms with E-state index in [4.69, 9.17) is 0 Å². The molecule has 2 rings (SSSR count). The van der Waals surface area contributed by atoms with E-state index in [0.717, 1.165) is 12.1 Å². The van der Waals surface area contributed by atoms with E-state index in [1.165, 1.54) is 22.3 Å². The molecule has 0 radical (unpaired) electrons. The number of hydrogen-bond donors (Lipinski definition) is 0. The van der Waals surface area contributed by atoms with E-state index in [-0.39, 0.29) is 0 Å². The molecule has 0 aromatic heterocycles. The smallest absolute Gasteiger partial charge is 0.0635 e. The maximum Gasteiger partial charge on any atom is 0.0635 e. The normalized spacial score (nSPS) is 14.1. The summed E-state index contributed by atoms with van der Waals surface area (Å²) >= 11 is 0. The van der Waals surface area contributed by atoms with Gasteiger partial charge in [0.25, 0.3) is 0 Å². The fraction of sp³-hybridized carbons (Fsp3) is 0.353. The van der Waals surface area contributed by atoms with Gasteiger partial charge in [0.05, 0.1) is 5.69 Å². The van der Waals surface area contributed by atoms with Crippen LogP contribution in [0.3, 0.4) is 0 Å². The van der Waals surface area contributed by atoms with Gasteiger partial charge in [0.1, 0.15) is 0 Å². The number of allylic oxidation sites excluding steroid dienone is 4. The summed E-state index contributed by atoms with van der Waals surface area (Å²) in [5, 5.41) is 0. The third kappa shape index (κ3) is 3.19. The first-order valence-corrected chi connectivity index (χ1v) is 6.67. The zero-order chi connectivity index (χ0) is 13.5. The quantitative estimate of drug-likeness (QED) is 0.620. The first-order chi connectivity index (χ1) is 8.72. The van der Waals surface area contributed by atoms with E-state index in [2.05, 4.69) is 37.0 Å². The molecule has 0 bridgehead atoms. The summed E-state index contributed by atoms with van der Waals surface area (Å²) in [6.07, 6.45) is 6.86. The van der Waals surface area contributed by atoms with Crippen molar-refractivity contribution in [3.8, 4) is 0 Å². The van der Waals surface area contributed by atoms with E-state index in [0.29, 0.717) is 0 Å². The number of fused-ring (bicyclic) bond motifs is 1. The van der Waals surface area contributed by atoms with E-state index in [1.54, 1.807) is 0 Å². The Balaban J connectivity index is 0.000000771. The molecular weight excluding hydrogens is 218 g/mol. The molecule has 1 heteroatoms. The zero-order valence-corrected chi connectivity index (χ0v) is 12.1. The van der Waals surface area contributed by atoms with Crippen LogP contribution in [0, 0.1) is 0 Å². The van der Waals surface area contributed by atoms with Crippen molar-refractivity contribution in [2.24, 2.45) is 4.99 Å². The van der Waals surface area contributed by atoms with Gasteiger partial charge in [-0.05, 0) is 62.1 Å². The van der Waals surface area contributed by atoms with Crippen molar-refractivity contribution in [1.29, 1.82) is 0 Å². The standard InChI is InChI=1S/C15H17N.C2H6/c1-4-5-8-16-14-7-6-13-9-11(2)12(3)15(13)10-14;1-2/h4-8,10H,9H2,1-3H3;1-2H3. The third-order valence-corrected chi connectivity index (χ3v) is 3.10. The van der Waals surface area contributed by atoms with Crippen LogP contribution in [0.1, 0.15) is 45.7 Å². The second-order valence-electron chi connectivity index (χ2n) is 4.23. The van der Waals surface area contributed by atoms with Gasteiger partial charge in [0.15, 0.2) is 0 Å². The van der Waals surface area contributed by atoms with Crippen molar-refractivity contribution in [2.45, 2.75) is 41.0 Å². The molecule has 1 aliphatic carbocycles. The predicted molar refractivity (Wildman–Crippen MR) is 82.7 cm³/mol. The van der Waals surface area contributed by atoms with Gasteiger partial charge >= 0.3 is 0 Å². The summed E-state index contributed by atoms with van der Waals surface area (Å²) in [5.41, 5.74) is 6.72. The van der Waals surface area contributed by atoms with Gasteiger partial charge in [-0.15, -0.1) is 0 Å². The minimum absolute atomic E-state index is 1.03. The van der Waals surface area contributed by atoms with Crippen LogP contribution in [0.2, 0.25) is 0 Å². The Hall–Kier alpha value is -1.63. The van der Waals surface area contributed by atoms with Crippen LogP contribution in [0.15, 0.2) is 40.9 Å². The molecule has 0 aliphatic heterocycles. The molecule has 0 N–H and O–H groups in total. The molecule has 0 spiro atoms. The van der Waals surface area contributed by atoms with Crippen molar-refractivity contribution in [3.05, 3.63) is 47.1 Å². The van der Waals surface area contributed by atoms with Gasteiger partial charge in [-0.25, -0.2) is 0 Å². The lowest BCUT2D eigenvalue weighted by molar-refractivity contribution is 1.19. The summed E-state index contributed by atoms with van der Waals surface area (Å²) in [5.74, 6) is 0. The summed E-state index contributed by atoms with van der Waals surface area (Å²) < 4.78 is 0. The van der Waals surface area contributed by atoms with Gasteiger partial charge < -0.3 is 0 Å². The fourth-order valence-corrected chi connectivity index (χ4v) is 2.01. The molecule has 1 aliphatic rings. The summed E-state index contributed by atoms with van der Waals surface area (Å²) in [7, 11) is 0. The van der Waals surface area contributed by atoms with Gasteiger partial charge in [0, 0.05) is 6.21 Å². The van der Waals surface area contributed by atoms with E-state index in [9.17, 15) is 0 Å². The topological polar surface area (TPSA) is 12.4 Å². The second kappa shape index (κ2) is 6.95. The molecule has 1 aromatic rings.